The molecule has 0 bridgehead atoms. The van der Waals surface area contributed by atoms with Crippen molar-refractivity contribution in [1.29, 1.82) is 0 Å². The van der Waals surface area contributed by atoms with Gasteiger partial charge in [-0.3, -0.25) is 0 Å². The summed E-state index contributed by atoms with van der Waals surface area (Å²) < 4.78 is 13.6. The summed E-state index contributed by atoms with van der Waals surface area (Å²) in [7, 11) is 3.97. The summed E-state index contributed by atoms with van der Waals surface area (Å²) in [5.74, 6) is -0.288. The van der Waals surface area contributed by atoms with Crippen LogP contribution in [0.4, 0.5) is 15.8 Å². The number of hydrogen-bond acceptors (Lipinski definition) is 2. The Morgan fingerprint density at radius 2 is 1.95 bits per heavy atom. The van der Waals surface area contributed by atoms with Gasteiger partial charge in [0.05, 0.1) is 0 Å². The fourth-order valence-corrected chi connectivity index (χ4v) is 1.92. The number of anilines is 2. The van der Waals surface area contributed by atoms with E-state index in [9.17, 15) is 4.39 Å². The molecule has 0 spiro atoms. The van der Waals surface area contributed by atoms with Gasteiger partial charge in [-0.25, -0.2) is 4.39 Å². The standard InChI is InChI=1S/C15H16ClFN2/c1-19(2)14-5-3-4-13(9-14)18-10-11-6-7-12(16)8-15(11)17/h3-9,18H,10H2,1-2H3. The number of nitrogens with one attached hydrogen (secondary N) is 1. The van der Waals surface area contributed by atoms with Crippen molar-refractivity contribution in [2.45, 2.75) is 6.54 Å². The molecule has 0 amide bonds. The Bertz CT molecular complexity index is 570. The molecule has 0 unspecified atom stereocenters. The Morgan fingerprint density at radius 3 is 2.63 bits per heavy atom. The van der Waals surface area contributed by atoms with Crippen LogP contribution in [0.2, 0.25) is 5.02 Å². The minimum Gasteiger partial charge on any atom is -0.381 e. The molecule has 100 valence electrons. The molecule has 0 aromatic heterocycles. The second-order valence-corrected chi connectivity index (χ2v) is 4.97. The fraction of sp³-hybridized carbons (Fsp3) is 0.200. The average Bonchev–Trinajstić information content (AvgIpc) is 2.38. The van der Waals surface area contributed by atoms with E-state index in [1.807, 2.05) is 43.3 Å². The van der Waals surface area contributed by atoms with Crippen LogP contribution in [0.25, 0.3) is 0 Å². The van der Waals surface area contributed by atoms with Crippen molar-refractivity contribution in [2.75, 3.05) is 24.3 Å². The molecular formula is C15H16ClFN2. The van der Waals surface area contributed by atoms with Crippen molar-refractivity contribution < 1.29 is 4.39 Å². The first-order chi connectivity index (χ1) is 9.06. The summed E-state index contributed by atoms with van der Waals surface area (Å²) in [6.45, 7) is 0.430. The highest BCUT2D eigenvalue weighted by atomic mass is 35.5. The van der Waals surface area contributed by atoms with E-state index in [0.29, 0.717) is 17.1 Å². The molecule has 1 N–H and O–H groups in total. The molecule has 0 heterocycles. The third-order valence-corrected chi connectivity index (χ3v) is 3.10. The summed E-state index contributed by atoms with van der Waals surface area (Å²) in [6, 6.07) is 12.7. The van der Waals surface area contributed by atoms with Gasteiger partial charge in [-0.05, 0) is 30.3 Å². The number of halogens is 2. The molecule has 0 aliphatic rings. The molecule has 2 aromatic rings. The Kier molecular flexibility index (Phi) is 4.27. The Hall–Kier alpha value is -1.74. The summed E-state index contributed by atoms with van der Waals surface area (Å²) in [5, 5.41) is 3.62. The highest BCUT2D eigenvalue weighted by molar-refractivity contribution is 6.30. The minimum atomic E-state index is -0.288. The molecule has 0 aliphatic carbocycles. The lowest BCUT2D eigenvalue weighted by Crippen LogP contribution is -2.09. The molecule has 2 aromatic carbocycles. The molecule has 0 radical (unpaired) electrons. The lowest BCUT2D eigenvalue weighted by molar-refractivity contribution is 0.613. The van der Waals surface area contributed by atoms with E-state index in [1.165, 1.54) is 6.07 Å². The van der Waals surface area contributed by atoms with Gasteiger partial charge in [-0.1, -0.05) is 23.7 Å². The van der Waals surface area contributed by atoms with E-state index in [4.69, 9.17) is 11.6 Å². The predicted octanol–water partition coefficient (Wildman–Crippen LogP) is 4.16. The highest BCUT2D eigenvalue weighted by Crippen LogP contribution is 2.19. The van der Waals surface area contributed by atoms with Gasteiger partial charge in [0, 0.05) is 42.6 Å². The van der Waals surface area contributed by atoms with E-state index in [0.717, 1.165) is 11.4 Å². The van der Waals surface area contributed by atoms with Crippen LogP contribution in [0.5, 0.6) is 0 Å². The van der Waals surface area contributed by atoms with Crippen molar-refractivity contribution in [3.8, 4) is 0 Å². The Labute approximate surface area is 117 Å². The van der Waals surface area contributed by atoms with Gasteiger partial charge in [0.15, 0.2) is 0 Å². The zero-order valence-electron chi connectivity index (χ0n) is 11.0. The first-order valence-electron chi connectivity index (χ1n) is 6.01. The van der Waals surface area contributed by atoms with E-state index < -0.39 is 0 Å². The first-order valence-corrected chi connectivity index (χ1v) is 6.39. The Morgan fingerprint density at radius 1 is 1.16 bits per heavy atom. The Balaban J connectivity index is 2.08. The topological polar surface area (TPSA) is 15.3 Å². The molecule has 2 nitrogen and oxygen atoms in total. The molecule has 19 heavy (non-hydrogen) atoms. The lowest BCUT2D eigenvalue weighted by atomic mass is 10.2. The van der Waals surface area contributed by atoms with Gasteiger partial charge in [0.2, 0.25) is 0 Å². The van der Waals surface area contributed by atoms with Crippen LogP contribution in [0.15, 0.2) is 42.5 Å². The number of rotatable bonds is 4. The molecule has 0 fully saturated rings. The fourth-order valence-electron chi connectivity index (χ4n) is 1.76. The second kappa shape index (κ2) is 5.93. The minimum absolute atomic E-state index is 0.288. The van der Waals surface area contributed by atoms with Crippen LogP contribution in [0.1, 0.15) is 5.56 Å². The van der Waals surface area contributed by atoms with Crippen molar-refractivity contribution >= 4 is 23.0 Å². The maximum absolute atomic E-state index is 13.6. The van der Waals surface area contributed by atoms with Gasteiger partial charge in [-0.15, -0.1) is 0 Å². The van der Waals surface area contributed by atoms with Crippen molar-refractivity contribution in [3.05, 3.63) is 58.9 Å². The number of nitrogens with zero attached hydrogens (tertiary/aromatic N) is 1. The normalized spacial score (nSPS) is 10.3. The van der Waals surface area contributed by atoms with Gasteiger partial charge in [0.25, 0.3) is 0 Å². The average molecular weight is 279 g/mol. The van der Waals surface area contributed by atoms with Gasteiger partial charge < -0.3 is 10.2 Å². The first kappa shape index (κ1) is 13.7. The van der Waals surface area contributed by atoms with Crippen LogP contribution in [0, 0.1) is 5.82 Å². The molecular weight excluding hydrogens is 263 g/mol. The molecule has 0 aliphatic heterocycles. The van der Waals surface area contributed by atoms with Gasteiger partial charge >= 0.3 is 0 Å². The number of hydrogen-bond donors (Lipinski definition) is 1. The van der Waals surface area contributed by atoms with Crippen molar-refractivity contribution in [3.63, 3.8) is 0 Å². The third-order valence-electron chi connectivity index (χ3n) is 2.86. The van der Waals surface area contributed by atoms with Crippen LogP contribution in [-0.4, -0.2) is 14.1 Å². The van der Waals surface area contributed by atoms with E-state index in [-0.39, 0.29) is 5.82 Å². The molecule has 2 rings (SSSR count). The summed E-state index contributed by atoms with van der Waals surface area (Å²) in [5.41, 5.74) is 2.65. The van der Waals surface area contributed by atoms with Crippen LogP contribution >= 0.6 is 11.6 Å². The van der Waals surface area contributed by atoms with Crippen molar-refractivity contribution in [1.82, 2.24) is 0 Å². The SMILES string of the molecule is CN(C)c1cccc(NCc2ccc(Cl)cc2F)c1. The zero-order chi connectivity index (χ0) is 13.8. The second-order valence-electron chi connectivity index (χ2n) is 4.53. The molecule has 0 atom stereocenters. The number of benzene rings is 2. The van der Waals surface area contributed by atoms with Gasteiger partial charge in [-0.2, -0.15) is 0 Å². The molecule has 0 saturated carbocycles. The van der Waals surface area contributed by atoms with Gasteiger partial charge in [0.1, 0.15) is 5.82 Å². The van der Waals surface area contributed by atoms with Crippen LogP contribution in [0.3, 0.4) is 0 Å². The smallest absolute Gasteiger partial charge is 0.129 e. The van der Waals surface area contributed by atoms with E-state index in [2.05, 4.69) is 5.32 Å². The van der Waals surface area contributed by atoms with E-state index in [1.54, 1.807) is 12.1 Å². The summed E-state index contributed by atoms with van der Waals surface area (Å²) >= 11 is 5.72. The quantitative estimate of drug-likeness (QED) is 0.903. The van der Waals surface area contributed by atoms with Crippen LogP contribution < -0.4 is 10.2 Å². The monoisotopic (exact) mass is 278 g/mol. The lowest BCUT2D eigenvalue weighted by Gasteiger charge is -2.14. The van der Waals surface area contributed by atoms with E-state index >= 15 is 0 Å². The summed E-state index contributed by atoms with van der Waals surface area (Å²) in [6.07, 6.45) is 0. The predicted molar refractivity (Wildman–Crippen MR) is 79.5 cm³/mol. The maximum Gasteiger partial charge on any atom is 0.129 e. The van der Waals surface area contributed by atoms with Crippen molar-refractivity contribution in [2.24, 2.45) is 0 Å². The zero-order valence-corrected chi connectivity index (χ0v) is 11.7. The maximum atomic E-state index is 13.6. The molecule has 0 saturated heterocycles. The highest BCUT2D eigenvalue weighted by Gasteiger charge is 2.03. The largest absolute Gasteiger partial charge is 0.381 e. The summed E-state index contributed by atoms with van der Waals surface area (Å²) in [4.78, 5) is 2.02. The third kappa shape index (κ3) is 3.61. The van der Waals surface area contributed by atoms with Crippen LogP contribution in [-0.2, 0) is 6.54 Å². The molecule has 4 heteroatoms.